The average molecular weight is 311 g/mol. The van der Waals surface area contributed by atoms with Gasteiger partial charge in [-0.1, -0.05) is 44.5 Å². The Morgan fingerprint density at radius 2 is 1.81 bits per heavy atom. The number of sulfonamides is 1. The van der Waals surface area contributed by atoms with Gasteiger partial charge in [0.05, 0.1) is 12.4 Å². The van der Waals surface area contributed by atoms with Crippen LogP contribution in [0.1, 0.15) is 44.2 Å². The molecule has 5 heteroatoms. The molecule has 1 aromatic rings. The van der Waals surface area contributed by atoms with Gasteiger partial charge in [-0.15, -0.1) is 0 Å². The Morgan fingerprint density at radius 3 is 2.33 bits per heavy atom. The zero-order valence-corrected chi connectivity index (χ0v) is 13.6. The molecule has 1 saturated carbocycles. The molecule has 118 valence electrons. The first kappa shape index (κ1) is 16.5. The van der Waals surface area contributed by atoms with Crippen LogP contribution in [0.2, 0.25) is 0 Å². The largest absolute Gasteiger partial charge is 0.392 e. The Labute approximate surface area is 127 Å². The van der Waals surface area contributed by atoms with Gasteiger partial charge in [-0.25, -0.2) is 13.1 Å². The molecule has 0 saturated heterocycles. The minimum absolute atomic E-state index is 0.00127. The SMILES string of the molecule is CCC1CCC(NS(=O)(=O)Cc2ccc(CO)cc2)C1C. The molecule has 0 heterocycles. The standard InChI is InChI=1S/C16H25NO3S/c1-3-15-8-9-16(12(15)2)17-21(19,20)11-14-6-4-13(10-18)5-7-14/h4-7,12,15-18H,3,8-11H2,1-2H3. The van der Waals surface area contributed by atoms with Crippen molar-refractivity contribution in [1.82, 2.24) is 4.72 Å². The molecule has 0 bridgehead atoms. The van der Waals surface area contributed by atoms with Crippen molar-refractivity contribution in [1.29, 1.82) is 0 Å². The fraction of sp³-hybridized carbons (Fsp3) is 0.625. The van der Waals surface area contributed by atoms with Gasteiger partial charge in [0.1, 0.15) is 0 Å². The minimum Gasteiger partial charge on any atom is -0.392 e. The Kier molecular flexibility index (Phi) is 5.41. The monoisotopic (exact) mass is 311 g/mol. The Hall–Kier alpha value is -0.910. The maximum Gasteiger partial charge on any atom is 0.216 e. The second-order valence-corrected chi connectivity index (χ2v) is 7.82. The van der Waals surface area contributed by atoms with E-state index in [0.717, 1.165) is 30.4 Å². The van der Waals surface area contributed by atoms with Crippen molar-refractivity contribution in [2.45, 2.75) is 51.5 Å². The van der Waals surface area contributed by atoms with Gasteiger partial charge in [-0.2, -0.15) is 0 Å². The molecule has 2 rings (SSSR count). The number of aliphatic hydroxyl groups is 1. The number of rotatable bonds is 6. The summed E-state index contributed by atoms with van der Waals surface area (Å²) in [6.45, 7) is 4.29. The fourth-order valence-corrected chi connectivity index (χ4v) is 4.73. The van der Waals surface area contributed by atoms with Crippen LogP contribution in [0.3, 0.4) is 0 Å². The Morgan fingerprint density at radius 1 is 1.19 bits per heavy atom. The molecule has 2 N–H and O–H groups in total. The predicted molar refractivity (Wildman–Crippen MR) is 84.1 cm³/mol. The van der Waals surface area contributed by atoms with Crippen LogP contribution in [0, 0.1) is 11.8 Å². The highest BCUT2D eigenvalue weighted by Crippen LogP contribution is 2.34. The van der Waals surface area contributed by atoms with E-state index in [0.29, 0.717) is 11.8 Å². The molecule has 1 fully saturated rings. The summed E-state index contributed by atoms with van der Waals surface area (Å²) in [5.74, 6) is 1.03. The number of hydrogen-bond donors (Lipinski definition) is 2. The lowest BCUT2D eigenvalue weighted by Crippen LogP contribution is -2.38. The smallest absolute Gasteiger partial charge is 0.216 e. The highest BCUT2D eigenvalue weighted by atomic mass is 32.2. The van der Waals surface area contributed by atoms with Crippen LogP contribution in [-0.2, 0) is 22.4 Å². The summed E-state index contributed by atoms with van der Waals surface area (Å²) < 4.78 is 27.5. The van der Waals surface area contributed by atoms with E-state index in [2.05, 4.69) is 18.6 Å². The highest BCUT2D eigenvalue weighted by molar-refractivity contribution is 7.88. The van der Waals surface area contributed by atoms with E-state index in [1.165, 1.54) is 0 Å². The Balaban J connectivity index is 1.98. The summed E-state index contributed by atoms with van der Waals surface area (Å²) in [5, 5.41) is 9.00. The quantitative estimate of drug-likeness (QED) is 0.848. The van der Waals surface area contributed by atoms with E-state index in [-0.39, 0.29) is 18.4 Å². The second kappa shape index (κ2) is 6.90. The van der Waals surface area contributed by atoms with Crippen LogP contribution < -0.4 is 4.72 Å². The first-order valence-electron chi connectivity index (χ1n) is 7.64. The third kappa shape index (κ3) is 4.28. The van der Waals surface area contributed by atoms with Crippen molar-refractivity contribution in [2.24, 2.45) is 11.8 Å². The van der Waals surface area contributed by atoms with E-state index >= 15 is 0 Å². The van der Waals surface area contributed by atoms with Crippen LogP contribution in [-0.4, -0.2) is 19.6 Å². The van der Waals surface area contributed by atoms with Gasteiger partial charge < -0.3 is 5.11 Å². The number of benzene rings is 1. The van der Waals surface area contributed by atoms with Crippen LogP contribution in [0.25, 0.3) is 0 Å². The molecule has 4 nitrogen and oxygen atoms in total. The van der Waals surface area contributed by atoms with Gasteiger partial charge in [-0.05, 0) is 35.8 Å². The van der Waals surface area contributed by atoms with Crippen molar-refractivity contribution in [3.63, 3.8) is 0 Å². The summed E-state index contributed by atoms with van der Waals surface area (Å²) >= 11 is 0. The third-order valence-corrected chi connectivity index (χ3v) is 6.02. The molecule has 3 atom stereocenters. The molecule has 0 aromatic heterocycles. The lowest BCUT2D eigenvalue weighted by molar-refractivity contribution is 0.282. The second-order valence-electron chi connectivity index (χ2n) is 6.06. The topological polar surface area (TPSA) is 66.4 Å². The summed E-state index contributed by atoms with van der Waals surface area (Å²) in [5.41, 5.74) is 1.54. The first-order chi connectivity index (χ1) is 9.95. The van der Waals surface area contributed by atoms with Crippen LogP contribution in [0.15, 0.2) is 24.3 Å². The maximum absolute atomic E-state index is 12.3. The number of hydrogen-bond acceptors (Lipinski definition) is 3. The maximum atomic E-state index is 12.3. The summed E-state index contributed by atoms with van der Waals surface area (Å²) in [4.78, 5) is 0. The molecule has 0 aliphatic heterocycles. The van der Waals surface area contributed by atoms with Gasteiger partial charge in [0.25, 0.3) is 0 Å². The predicted octanol–water partition coefficient (Wildman–Crippen LogP) is 2.42. The number of aliphatic hydroxyl groups excluding tert-OH is 1. The lowest BCUT2D eigenvalue weighted by atomic mass is 9.94. The van der Waals surface area contributed by atoms with Crippen molar-refractivity contribution in [2.75, 3.05) is 0 Å². The van der Waals surface area contributed by atoms with Gasteiger partial charge in [-0.3, -0.25) is 0 Å². The van der Waals surface area contributed by atoms with Gasteiger partial charge in [0.2, 0.25) is 10.0 Å². The van der Waals surface area contributed by atoms with E-state index < -0.39 is 10.0 Å². The fourth-order valence-electron chi connectivity index (χ4n) is 3.22. The van der Waals surface area contributed by atoms with Gasteiger partial charge >= 0.3 is 0 Å². The van der Waals surface area contributed by atoms with E-state index in [9.17, 15) is 8.42 Å². The summed E-state index contributed by atoms with van der Waals surface area (Å²) in [6.07, 6.45) is 3.15. The Bertz CT molecular complexity index is 553. The molecule has 3 unspecified atom stereocenters. The van der Waals surface area contributed by atoms with Crippen molar-refractivity contribution < 1.29 is 13.5 Å². The van der Waals surface area contributed by atoms with Gasteiger partial charge in [0, 0.05) is 6.04 Å². The number of nitrogens with one attached hydrogen (secondary N) is 1. The molecule has 1 aromatic carbocycles. The van der Waals surface area contributed by atoms with Gasteiger partial charge in [0.15, 0.2) is 0 Å². The molecule has 0 radical (unpaired) electrons. The molecular weight excluding hydrogens is 286 g/mol. The van der Waals surface area contributed by atoms with Crippen molar-refractivity contribution in [3.05, 3.63) is 35.4 Å². The van der Waals surface area contributed by atoms with Crippen LogP contribution in [0.4, 0.5) is 0 Å². The normalized spacial score (nSPS) is 26.1. The molecule has 1 aliphatic carbocycles. The molecular formula is C16H25NO3S. The third-order valence-electron chi connectivity index (χ3n) is 4.64. The zero-order valence-electron chi connectivity index (χ0n) is 12.7. The van der Waals surface area contributed by atoms with Crippen molar-refractivity contribution in [3.8, 4) is 0 Å². The van der Waals surface area contributed by atoms with E-state index in [1.807, 2.05) is 0 Å². The van der Waals surface area contributed by atoms with E-state index in [1.54, 1.807) is 24.3 Å². The van der Waals surface area contributed by atoms with Crippen molar-refractivity contribution >= 4 is 10.0 Å². The molecule has 1 aliphatic rings. The van der Waals surface area contributed by atoms with E-state index in [4.69, 9.17) is 5.11 Å². The summed E-state index contributed by atoms with van der Waals surface area (Å²) in [7, 11) is -3.31. The minimum atomic E-state index is -3.31. The first-order valence-corrected chi connectivity index (χ1v) is 9.29. The molecule has 0 amide bonds. The molecule has 0 spiro atoms. The van der Waals surface area contributed by atoms with Crippen LogP contribution in [0.5, 0.6) is 0 Å². The van der Waals surface area contributed by atoms with Crippen LogP contribution >= 0.6 is 0 Å². The molecule has 21 heavy (non-hydrogen) atoms. The zero-order chi connectivity index (χ0) is 15.5. The highest BCUT2D eigenvalue weighted by Gasteiger charge is 2.33. The lowest BCUT2D eigenvalue weighted by Gasteiger charge is -2.21. The average Bonchev–Trinajstić information content (AvgIpc) is 2.79. The summed E-state index contributed by atoms with van der Waals surface area (Å²) in [6, 6.07) is 7.11.